The van der Waals surface area contributed by atoms with Gasteiger partial charge in [0.25, 0.3) is 0 Å². The number of hydrogen-bond acceptors (Lipinski definition) is 2. The van der Waals surface area contributed by atoms with Crippen molar-refractivity contribution in [3.8, 4) is 0 Å². The molecule has 3 heteroatoms. The van der Waals surface area contributed by atoms with Crippen molar-refractivity contribution >= 4 is 0 Å². The molecule has 0 aromatic carbocycles. The van der Waals surface area contributed by atoms with E-state index >= 15 is 0 Å². The SMILES string of the molecule is [Cu][CH]1OCCO1. The summed E-state index contributed by atoms with van der Waals surface area (Å²) in [6, 6.07) is 0. The van der Waals surface area contributed by atoms with Crippen molar-refractivity contribution in [3.63, 3.8) is 0 Å². The predicted molar refractivity (Wildman–Crippen MR) is 15.7 cm³/mol. The van der Waals surface area contributed by atoms with Crippen LogP contribution in [0.15, 0.2) is 0 Å². The van der Waals surface area contributed by atoms with Gasteiger partial charge in [0.15, 0.2) is 0 Å². The number of hydrogen-bond donors (Lipinski definition) is 0. The molecule has 0 amide bonds. The maximum atomic E-state index is 4.74. The Morgan fingerprint density at radius 2 is 1.83 bits per heavy atom. The molecular weight excluding hydrogens is 132 g/mol. The first-order valence-electron chi connectivity index (χ1n) is 1.72. The molecule has 0 aliphatic carbocycles. The fourth-order valence-corrected chi connectivity index (χ4v) is 0.534. The molecule has 0 spiro atoms. The molecule has 0 aromatic heterocycles. The van der Waals surface area contributed by atoms with Crippen LogP contribution in [0.25, 0.3) is 0 Å². The Hall–Kier alpha value is 0.439. The molecule has 1 aliphatic heterocycles. The third kappa shape index (κ3) is 0.949. The van der Waals surface area contributed by atoms with Gasteiger partial charge in [-0.15, -0.1) is 0 Å². The van der Waals surface area contributed by atoms with Crippen LogP contribution in [-0.2, 0) is 25.5 Å². The molecule has 1 heterocycles. The first-order chi connectivity index (χ1) is 2.89. The van der Waals surface area contributed by atoms with Gasteiger partial charge in [-0.2, -0.15) is 0 Å². The van der Waals surface area contributed by atoms with Gasteiger partial charge in [-0.3, -0.25) is 0 Å². The van der Waals surface area contributed by atoms with Gasteiger partial charge in [-0.05, 0) is 0 Å². The van der Waals surface area contributed by atoms with Crippen LogP contribution in [0, 0.1) is 0 Å². The minimum atomic E-state index is -0.391. The first-order valence-corrected chi connectivity index (χ1v) is 2.27. The zero-order valence-corrected chi connectivity index (χ0v) is 4.05. The quantitative estimate of drug-likeness (QED) is 0.432. The zero-order chi connectivity index (χ0) is 4.41. The monoisotopic (exact) mass is 136 g/mol. The van der Waals surface area contributed by atoms with Crippen molar-refractivity contribution in [1.29, 1.82) is 0 Å². The molecule has 6 heavy (non-hydrogen) atoms. The van der Waals surface area contributed by atoms with Gasteiger partial charge >= 0.3 is 43.9 Å². The predicted octanol–water partition coefficient (Wildman–Crippen LogP) is -0.136. The van der Waals surface area contributed by atoms with E-state index < -0.39 is 5.19 Å². The van der Waals surface area contributed by atoms with E-state index in [2.05, 4.69) is 0 Å². The minimum absolute atomic E-state index is 0.391. The molecule has 0 radical (unpaired) electrons. The molecule has 0 aromatic rings. The second kappa shape index (κ2) is 1.94. The summed E-state index contributed by atoms with van der Waals surface area (Å²) >= 11 is 4.69. The molecule has 1 rings (SSSR count). The third-order valence-electron chi connectivity index (χ3n) is 0.556. The van der Waals surface area contributed by atoms with E-state index in [0.717, 1.165) is 0 Å². The van der Waals surface area contributed by atoms with Gasteiger partial charge in [0.2, 0.25) is 0 Å². The van der Waals surface area contributed by atoms with E-state index in [0.29, 0.717) is 13.2 Å². The second-order valence-corrected chi connectivity index (χ2v) is 1.42. The topological polar surface area (TPSA) is 18.5 Å². The van der Waals surface area contributed by atoms with E-state index in [1.54, 1.807) is 0 Å². The summed E-state index contributed by atoms with van der Waals surface area (Å²) in [6.07, 6.45) is 0. The van der Waals surface area contributed by atoms with Gasteiger partial charge in [-0.1, -0.05) is 0 Å². The number of ether oxygens (including phenoxy) is 2. The molecule has 1 aliphatic rings. The Morgan fingerprint density at radius 1 is 1.33 bits per heavy atom. The van der Waals surface area contributed by atoms with Crippen molar-refractivity contribution in [1.82, 2.24) is 0 Å². The Kier molecular flexibility index (Phi) is 1.48. The summed E-state index contributed by atoms with van der Waals surface area (Å²) in [7, 11) is 0. The molecule has 0 unspecified atom stereocenters. The van der Waals surface area contributed by atoms with Crippen molar-refractivity contribution in [2.75, 3.05) is 13.2 Å². The number of rotatable bonds is 0. The van der Waals surface area contributed by atoms with Crippen LogP contribution in [0.1, 0.15) is 0 Å². The summed E-state index contributed by atoms with van der Waals surface area (Å²) in [4.78, 5) is 0. The van der Waals surface area contributed by atoms with Gasteiger partial charge < -0.3 is 0 Å². The van der Waals surface area contributed by atoms with Crippen LogP contribution >= 0.6 is 0 Å². The zero-order valence-electron chi connectivity index (χ0n) is 3.11. The Morgan fingerprint density at radius 3 is 2.00 bits per heavy atom. The summed E-state index contributed by atoms with van der Waals surface area (Å²) < 4.78 is 9.47. The van der Waals surface area contributed by atoms with E-state index in [1.807, 2.05) is 0 Å². The molecule has 1 saturated heterocycles. The Bertz CT molecular complexity index is 42.1. The first kappa shape index (κ1) is 4.59. The standard InChI is InChI=1S/C3H5O2.Cu/c1-2-5-3-4-1;/h3H,1-2H2;. The van der Waals surface area contributed by atoms with Crippen molar-refractivity contribution in [2.45, 2.75) is 5.19 Å². The van der Waals surface area contributed by atoms with Gasteiger partial charge in [0.05, 0.1) is 0 Å². The van der Waals surface area contributed by atoms with Crippen LogP contribution in [0.4, 0.5) is 0 Å². The summed E-state index contributed by atoms with van der Waals surface area (Å²) in [6.45, 7) is 1.31. The van der Waals surface area contributed by atoms with Crippen molar-refractivity contribution in [3.05, 3.63) is 0 Å². The average Bonchev–Trinajstić information content (AvgIpc) is 1.86. The van der Waals surface area contributed by atoms with E-state index in [9.17, 15) is 0 Å². The van der Waals surface area contributed by atoms with Crippen molar-refractivity contribution < 1.29 is 25.5 Å². The van der Waals surface area contributed by atoms with E-state index in [1.165, 1.54) is 0 Å². The van der Waals surface area contributed by atoms with Crippen LogP contribution in [0.5, 0.6) is 0 Å². The molecule has 2 nitrogen and oxygen atoms in total. The fraction of sp³-hybridized carbons (Fsp3) is 1.00. The van der Waals surface area contributed by atoms with Crippen LogP contribution in [0.2, 0.25) is 0 Å². The van der Waals surface area contributed by atoms with Crippen molar-refractivity contribution in [2.24, 2.45) is 0 Å². The van der Waals surface area contributed by atoms with Crippen LogP contribution < -0.4 is 0 Å². The summed E-state index contributed by atoms with van der Waals surface area (Å²) in [5, 5.41) is -0.391. The molecule has 0 atom stereocenters. The fourth-order valence-electron chi connectivity index (χ4n) is 0.312. The maximum absolute atomic E-state index is 4.74. The molecular formula is C3H5CuO2. The van der Waals surface area contributed by atoms with Crippen LogP contribution in [0.3, 0.4) is 0 Å². The van der Waals surface area contributed by atoms with Gasteiger partial charge in [-0.25, -0.2) is 0 Å². The molecule has 0 bridgehead atoms. The summed E-state index contributed by atoms with van der Waals surface area (Å²) in [5.74, 6) is 0. The Labute approximate surface area is 44.6 Å². The van der Waals surface area contributed by atoms with Gasteiger partial charge in [0, 0.05) is 0 Å². The van der Waals surface area contributed by atoms with E-state index in [4.69, 9.17) is 25.5 Å². The normalized spacial score (nSPS) is 25.7. The van der Waals surface area contributed by atoms with E-state index in [-0.39, 0.29) is 0 Å². The third-order valence-corrected chi connectivity index (χ3v) is 0.870. The second-order valence-electron chi connectivity index (χ2n) is 0.980. The molecule has 1 fully saturated rings. The van der Waals surface area contributed by atoms with Crippen LogP contribution in [-0.4, -0.2) is 18.4 Å². The molecule has 0 saturated carbocycles. The molecule has 40 valence electrons. The molecule has 0 N–H and O–H groups in total. The Balaban J connectivity index is 2.18. The van der Waals surface area contributed by atoms with Gasteiger partial charge in [0.1, 0.15) is 0 Å². The summed E-state index contributed by atoms with van der Waals surface area (Å²) in [5.41, 5.74) is 0. The average molecular weight is 137 g/mol.